The molecule has 2 rings (SSSR count). The third kappa shape index (κ3) is 2.40. The fourth-order valence-electron chi connectivity index (χ4n) is 0.991. The van der Waals surface area contributed by atoms with Crippen LogP contribution < -0.4 is 0 Å². The van der Waals surface area contributed by atoms with Crippen LogP contribution in [0.15, 0.2) is 12.1 Å². The molecule has 0 fully saturated rings. The van der Waals surface area contributed by atoms with Gasteiger partial charge in [0.05, 0.1) is 25.6 Å². The summed E-state index contributed by atoms with van der Waals surface area (Å²) >= 11 is 20.1. The van der Waals surface area contributed by atoms with Gasteiger partial charge < -0.3 is 0 Å². The maximum Gasteiger partial charge on any atom is 0.0675 e. The highest BCUT2D eigenvalue weighted by molar-refractivity contribution is 14.1. The lowest BCUT2D eigenvalue weighted by Crippen LogP contribution is -1.64. The highest BCUT2D eigenvalue weighted by Crippen LogP contribution is 2.44. The summed E-state index contributed by atoms with van der Waals surface area (Å²) in [4.78, 5) is 2.16. The van der Waals surface area contributed by atoms with E-state index >= 15 is 0 Å². The second-order valence-electron chi connectivity index (χ2n) is 2.46. The minimum Gasteiger partial charge on any atom is -0.127 e. The maximum atomic E-state index is 6.11. The summed E-state index contributed by atoms with van der Waals surface area (Å²) in [5, 5.41) is 1.58. The van der Waals surface area contributed by atoms with Crippen molar-refractivity contribution >= 4 is 91.1 Å². The van der Waals surface area contributed by atoms with Crippen LogP contribution in [-0.2, 0) is 0 Å². The molecule has 14 heavy (non-hydrogen) atoms. The lowest BCUT2D eigenvalue weighted by atomic mass is 10.4. The SMILES string of the molecule is Clc1cc(I)sc1-c1sc(I)cc1Cl. The van der Waals surface area contributed by atoms with Gasteiger partial charge in [-0.2, -0.15) is 0 Å². The number of rotatable bonds is 1. The van der Waals surface area contributed by atoms with E-state index in [4.69, 9.17) is 23.2 Å². The Hall–Kier alpha value is 1.44. The standard InChI is InChI=1S/C8H2Cl2I2S2/c9-3-1-5(11)13-7(3)8-4(10)2-6(12)14-8/h1-2H. The van der Waals surface area contributed by atoms with Gasteiger partial charge in [-0.1, -0.05) is 23.2 Å². The second-order valence-corrected chi connectivity index (χ2v) is 9.16. The molecule has 0 N–H and O–H groups in total. The van der Waals surface area contributed by atoms with E-state index in [-0.39, 0.29) is 0 Å². The van der Waals surface area contributed by atoms with Crippen molar-refractivity contribution in [2.75, 3.05) is 0 Å². The molecule has 2 heterocycles. The zero-order valence-corrected chi connectivity index (χ0v) is 13.9. The predicted molar refractivity (Wildman–Crippen MR) is 83.1 cm³/mol. The van der Waals surface area contributed by atoms with Gasteiger partial charge in [0.25, 0.3) is 0 Å². The van der Waals surface area contributed by atoms with Crippen LogP contribution in [0.25, 0.3) is 9.75 Å². The van der Waals surface area contributed by atoms with Crippen molar-refractivity contribution in [2.45, 2.75) is 0 Å². The van der Waals surface area contributed by atoms with E-state index in [1.54, 1.807) is 22.7 Å². The average molecular weight is 487 g/mol. The van der Waals surface area contributed by atoms with E-state index in [0.29, 0.717) is 0 Å². The first kappa shape index (κ1) is 11.9. The molecular weight excluding hydrogens is 485 g/mol. The van der Waals surface area contributed by atoms with Crippen molar-refractivity contribution in [2.24, 2.45) is 0 Å². The van der Waals surface area contributed by atoms with Gasteiger partial charge in [0, 0.05) is 0 Å². The summed E-state index contributed by atoms with van der Waals surface area (Å²) in [6.45, 7) is 0. The Kier molecular flexibility index (Phi) is 4.04. The van der Waals surface area contributed by atoms with Gasteiger partial charge in [0.15, 0.2) is 0 Å². The van der Waals surface area contributed by atoms with Crippen LogP contribution >= 0.6 is 91.1 Å². The molecule has 74 valence electrons. The molecule has 0 aliphatic heterocycles. The average Bonchev–Trinajstić information content (AvgIpc) is 2.55. The Labute approximate surface area is 127 Å². The van der Waals surface area contributed by atoms with E-state index in [0.717, 1.165) is 19.8 Å². The van der Waals surface area contributed by atoms with E-state index in [1.807, 2.05) is 12.1 Å². The van der Waals surface area contributed by atoms with Crippen molar-refractivity contribution in [3.05, 3.63) is 27.9 Å². The number of hydrogen-bond donors (Lipinski definition) is 0. The van der Waals surface area contributed by atoms with Gasteiger partial charge in [-0.25, -0.2) is 0 Å². The first-order chi connectivity index (χ1) is 6.58. The quantitative estimate of drug-likeness (QED) is 0.434. The summed E-state index contributed by atoms with van der Waals surface area (Å²) in [5.74, 6) is 0. The molecule has 0 atom stereocenters. The predicted octanol–water partition coefficient (Wildman–Crippen LogP) is 5.99. The zero-order chi connectivity index (χ0) is 10.3. The van der Waals surface area contributed by atoms with Crippen LogP contribution in [0.4, 0.5) is 0 Å². The Morgan fingerprint density at radius 2 is 1.21 bits per heavy atom. The Morgan fingerprint density at radius 3 is 1.43 bits per heavy atom. The molecule has 0 aromatic carbocycles. The minimum atomic E-state index is 0.791. The summed E-state index contributed by atoms with van der Waals surface area (Å²) in [7, 11) is 0. The van der Waals surface area contributed by atoms with Crippen LogP contribution in [-0.4, -0.2) is 0 Å². The Balaban J connectivity index is 2.59. The van der Waals surface area contributed by atoms with Crippen LogP contribution in [0.3, 0.4) is 0 Å². The van der Waals surface area contributed by atoms with E-state index in [2.05, 4.69) is 45.2 Å². The van der Waals surface area contributed by atoms with Crippen LogP contribution in [0.5, 0.6) is 0 Å². The summed E-state index contributed by atoms with van der Waals surface area (Å²) in [6.07, 6.45) is 0. The molecule has 2 aromatic rings. The molecule has 0 aliphatic rings. The molecule has 0 amide bonds. The van der Waals surface area contributed by atoms with Crippen LogP contribution in [0.2, 0.25) is 10.0 Å². The highest BCUT2D eigenvalue weighted by atomic mass is 127. The van der Waals surface area contributed by atoms with Gasteiger partial charge in [-0.15, -0.1) is 22.7 Å². The lowest BCUT2D eigenvalue weighted by molar-refractivity contribution is 1.89. The molecule has 0 saturated carbocycles. The first-order valence-electron chi connectivity index (χ1n) is 3.48. The van der Waals surface area contributed by atoms with Gasteiger partial charge in [0.2, 0.25) is 0 Å². The lowest BCUT2D eigenvalue weighted by Gasteiger charge is -1.93. The zero-order valence-electron chi connectivity index (χ0n) is 6.48. The van der Waals surface area contributed by atoms with Gasteiger partial charge in [-0.3, -0.25) is 0 Å². The monoisotopic (exact) mass is 486 g/mol. The summed E-state index contributed by atoms with van der Waals surface area (Å²) in [5.41, 5.74) is 0. The van der Waals surface area contributed by atoms with Gasteiger partial charge >= 0.3 is 0 Å². The molecule has 0 bridgehead atoms. The second kappa shape index (κ2) is 4.75. The Morgan fingerprint density at radius 1 is 0.857 bits per heavy atom. The number of halogens is 4. The third-order valence-corrected chi connectivity index (χ3v) is 6.30. The number of thiophene rings is 2. The largest absolute Gasteiger partial charge is 0.127 e. The van der Waals surface area contributed by atoms with Gasteiger partial charge in [0.1, 0.15) is 0 Å². The summed E-state index contributed by atoms with van der Waals surface area (Å²) in [6, 6.07) is 3.93. The molecule has 0 unspecified atom stereocenters. The fraction of sp³-hybridized carbons (Fsp3) is 0. The smallest absolute Gasteiger partial charge is 0.0675 e. The maximum absolute atomic E-state index is 6.11. The molecule has 0 radical (unpaired) electrons. The van der Waals surface area contributed by atoms with Crippen molar-refractivity contribution in [1.29, 1.82) is 0 Å². The Bertz CT molecular complexity index is 431. The fourth-order valence-corrected chi connectivity index (χ4v) is 5.90. The molecular formula is C8H2Cl2I2S2. The third-order valence-electron chi connectivity index (χ3n) is 1.52. The van der Waals surface area contributed by atoms with Crippen LogP contribution in [0.1, 0.15) is 0 Å². The van der Waals surface area contributed by atoms with E-state index in [9.17, 15) is 0 Å². The molecule has 0 nitrogen and oxygen atoms in total. The van der Waals surface area contributed by atoms with Crippen molar-refractivity contribution in [3.8, 4) is 9.75 Å². The normalized spacial score (nSPS) is 10.9. The molecule has 0 aliphatic carbocycles. The number of hydrogen-bond acceptors (Lipinski definition) is 2. The first-order valence-corrected chi connectivity index (χ1v) is 8.02. The van der Waals surface area contributed by atoms with Gasteiger partial charge in [-0.05, 0) is 57.3 Å². The topological polar surface area (TPSA) is 0 Å². The van der Waals surface area contributed by atoms with Crippen LogP contribution in [0, 0.1) is 5.77 Å². The molecule has 0 saturated heterocycles. The van der Waals surface area contributed by atoms with E-state index < -0.39 is 0 Å². The van der Waals surface area contributed by atoms with Crippen molar-refractivity contribution in [3.63, 3.8) is 0 Å². The van der Waals surface area contributed by atoms with Crippen molar-refractivity contribution in [1.82, 2.24) is 0 Å². The molecule has 2 aromatic heterocycles. The van der Waals surface area contributed by atoms with Crippen molar-refractivity contribution < 1.29 is 0 Å². The highest BCUT2D eigenvalue weighted by Gasteiger charge is 2.14. The molecule has 6 heteroatoms. The summed E-state index contributed by atoms with van der Waals surface area (Å²) < 4.78 is 2.36. The van der Waals surface area contributed by atoms with E-state index in [1.165, 1.54) is 5.77 Å². The minimum absolute atomic E-state index is 0.791. The molecule has 0 spiro atoms.